The van der Waals surface area contributed by atoms with Crippen molar-refractivity contribution in [3.63, 3.8) is 0 Å². The third-order valence-electron chi connectivity index (χ3n) is 12.6. The van der Waals surface area contributed by atoms with Crippen molar-refractivity contribution >= 4 is 87.0 Å². The maximum Gasteiger partial charge on any atom is 0.0625 e. The molecule has 0 N–H and O–H groups in total. The summed E-state index contributed by atoms with van der Waals surface area (Å²) in [5, 5.41) is 12.6. The maximum atomic E-state index is 2.47. The van der Waals surface area contributed by atoms with Gasteiger partial charge in [0.05, 0.1) is 33.1 Å². The van der Waals surface area contributed by atoms with Crippen LogP contribution < -0.4 is 0 Å². The number of fused-ring (bicyclic) bond motifs is 14. The molecular weight excluding hydrogens is 715 g/mol. The smallest absolute Gasteiger partial charge is 0.0625 e. The van der Waals surface area contributed by atoms with Gasteiger partial charge >= 0.3 is 0 Å². The summed E-state index contributed by atoms with van der Waals surface area (Å²) in [4.78, 5) is 0. The highest BCUT2D eigenvalue weighted by Crippen LogP contribution is 2.44. The molecule has 274 valence electrons. The second-order valence-corrected chi connectivity index (χ2v) is 15.7. The molecule has 0 fully saturated rings. The van der Waals surface area contributed by atoms with Crippen LogP contribution in [0.25, 0.3) is 115 Å². The van der Waals surface area contributed by atoms with Crippen molar-refractivity contribution in [1.82, 2.24) is 13.7 Å². The molecule has 0 saturated heterocycles. The zero-order chi connectivity index (χ0) is 38.6. The van der Waals surface area contributed by atoms with E-state index in [0.29, 0.717) is 0 Å². The Bertz CT molecular complexity index is 3830. The fraction of sp³-hybridized carbons (Fsp3) is 0. The second kappa shape index (κ2) is 12.3. The lowest BCUT2D eigenvalue weighted by Crippen LogP contribution is -1.96. The van der Waals surface area contributed by atoms with Crippen LogP contribution in [0.3, 0.4) is 0 Å². The zero-order valence-electron chi connectivity index (χ0n) is 32.0. The molecule has 3 heteroatoms. The molecule has 0 atom stereocenters. The van der Waals surface area contributed by atoms with Crippen LogP contribution in [0.15, 0.2) is 212 Å². The van der Waals surface area contributed by atoms with Crippen LogP contribution in [-0.2, 0) is 0 Å². The molecule has 0 aliphatic carbocycles. The highest BCUT2D eigenvalue weighted by atomic mass is 15.0. The predicted octanol–water partition coefficient (Wildman–Crippen LogP) is 15.0. The summed E-state index contributed by atoms with van der Waals surface area (Å²) in [6.07, 6.45) is 0. The SMILES string of the molecule is c1ccc(-n2c3ccccc3c3cc(-c4ccc5c(c4)c4ccccc4n5-c4ccc5c(c4)c4c6ccccc6c6ccccc6c4n5-c4ccccc4)ccc32)cc1. The molecule has 0 spiro atoms. The first kappa shape index (κ1) is 32.2. The van der Waals surface area contributed by atoms with Crippen molar-refractivity contribution in [2.75, 3.05) is 0 Å². The minimum absolute atomic E-state index is 1.15. The molecule has 0 saturated carbocycles. The van der Waals surface area contributed by atoms with Gasteiger partial charge in [0.1, 0.15) is 0 Å². The van der Waals surface area contributed by atoms with Crippen LogP contribution >= 0.6 is 0 Å². The molecule has 0 radical (unpaired) electrons. The normalized spacial score (nSPS) is 12.1. The Hall–Kier alpha value is -7.88. The quantitative estimate of drug-likeness (QED) is 0.159. The number of para-hydroxylation sites is 4. The number of hydrogen-bond donors (Lipinski definition) is 0. The van der Waals surface area contributed by atoms with E-state index < -0.39 is 0 Å². The molecule has 13 aromatic rings. The maximum absolute atomic E-state index is 2.47. The van der Waals surface area contributed by atoms with Gasteiger partial charge in [0, 0.05) is 54.8 Å². The van der Waals surface area contributed by atoms with Crippen LogP contribution in [0.1, 0.15) is 0 Å². The number of benzene rings is 10. The predicted molar refractivity (Wildman–Crippen MR) is 250 cm³/mol. The summed E-state index contributed by atoms with van der Waals surface area (Å²) in [6.45, 7) is 0. The van der Waals surface area contributed by atoms with Gasteiger partial charge in [0.25, 0.3) is 0 Å². The summed E-state index contributed by atoms with van der Waals surface area (Å²) in [5.74, 6) is 0. The van der Waals surface area contributed by atoms with Gasteiger partial charge in [-0.05, 0) is 106 Å². The van der Waals surface area contributed by atoms with Gasteiger partial charge in [-0.1, -0.05) is 133 Å². The van der Waals surface area contributed by atoms with Gasteiger partial charge in [0.15, 0.2) is 0 Å². The van der Waals surface area contributed by atoms with E-state index in [1.54, 1.807) is 0 Å². The van der Waals surface area contributed by atoms with Crippen molar-refractivity contribution in [2.45, 2.75) is 0 Å². The molecule has 0 amide bonds. The van der Waals surface area contributed by atoms with Crippen molar-refractivity contribution < 1.29 is 0 Å². The Kier molecular flexibility index (Phi) is 6.72. The molecule has 10 aromatic carbocycles. The molecule has 0 bridgehead atoms. The fourth-order valence-corrected chi connectivity index (χ4v) is 10.1. The molecule has 3 heterocycles. The summed E-state index contributed by atoms with van der Waals surface area (Å²) >= 11 is 0. The van der Waals surface area contributed by atoms with Crippen molar-refractivity contribution in [3.05, 3.63) is 212 Å². The van der Waals surface area contributed by atoms with Crippen molar-refractivity contribution in [3.8, 4) is 28.2 Å². The number of rotatable bonds is 4. The van der Waals surface area contributed by atoms with E-state index in [1.165, 1.54) is 104 Å². The summed E-state index contributed by atoms with van der Waals surface area (Å²) < 4.78 is 7.31. The molecular formula is C56H35N3. The molecule has 3 nitrogen and oxygen atoms in total. The Labute approximate surface area is 339 Å². The zero-order valence-corrected chi connectivity index (χ0v) is 32.0. The van der Waals surface area contributed by atoms with E-state index in [-0.39, 0.29) is 0 Å². The lowest BCUT2D eigenvalue weighted by molar-refractivity contribution is 1.17. The molecule has 0 unspecified atom stereocenters. The average Bonchev–Trinajstić information content (AvgIpc) is 3.95. The van der Waals surface area contributed by atoms with Gasteiger partial charge < -0.3 is 13.7 Å². The molecule has 59 heavy (non-hydrogen) atoms. The number of aromatic nitrogens is 3. The Morgan fingerprint density at radius 1 is 0.220 bits per heavy atom. The van der Waals surface area contributed by atoms with Crippen LogP contribution in [-0.4, -0.2) is 13.7 Å². The largest absolute Gasteiger partial charge is 0.309 e. The summed E-state index contributed by atoms with van der Waals surface area (Å²) in [5.41, 5.74) is 13.2. The fourth-order valence-electron chi connectivity index (χ4n) is 10.1. The number of nitrogens with zero attached hydrogens (tertiary/aromatic N) is 3. The highest BCUT2D eigenvalue weighted by molar-refractivity contribution is 6.32. The van der Waals surface area contributed by atoms with E-state index in [9.17, 15) is 0 Å². The van der Waals surface area contributed by atoms with Crippen molar-refractivity contribution in [2.24, 2.45) is 0 Å². The lowest BCUT2D eigenvalue weighted by Gasteiger charge is -2.12. The first-order valence-corrected chi connectivity index (χ1v) is 20.4. The highest BCUT2D eigenvalue weighted by Gasteiger charge is 2.21. The molecule has 13 rings (SSSR count). The molecule has 0 aliphatic rings. The van der Waals surface area contributed by atoms with Crippen LogP contribution in [0.2, 0.25) is 0 Å². The minimum atomic E-state index is 1.15. The van der Waals surface area contributed by atoms with Crippen LogP contribution in [0, 0.1) is 0 Å². The van der Waals surface area contributed by atoms with Gasteiger partial charge in [-0.2, -0.15) is 0 Å². The Morgan fingerprint density at radius 3 is 1.22 bits per heavy atom. The summed E-state index contributed by atoms with van der Waals surface area (Å²) in [7, 11) is 0. The Morgan fingerprint density at radius 2 is 0.627 bits per heavy atom. The monoisotopic (exact) mass is 749 g/mol. The standard InChI is InChI=1S/C56H35N3/c1-3-15-38(16-4-1)57-50-25-13-11-21-43(50)47-33-36(27-30-52(47)57)37-28-31-53-48(34-37)44-22-12-14-26-51(44)58(53)40-29-32-54-49(35-40)55-45-23-9-7-19-41(45)42-20-8-10-24-46(42)56(55)59(54)39-17-5-2-6-18-39/h1-35H. The van der Waals surface area contributed by atoms with E-state index in [4.69, 9.17) is 0 Å². The van der Waals surface area contributed by atoms with Crippen LogP contribution in [0.5, 0.6) is 0 Å². The third-order valence-corrected chi connectivity index (χ3v) is 12.6. The van der Waals surface area contributed by atoms with Gasteiger partial charge in [0.2, 0.25) is 0 Å². The van der Waals surface area contributed by atoms with E-state index in [2.05, 4.69) is 226 Å². The first-order chi connectivity index (χ1) is 29.3. The lowest BCUT2D eigenvalue weighted by atomic mass is 9.96. The third kappa shape index (κ3) is 4.58. The van der Waals surface area contributed by atoms with Gasteiger partial charge in [-0.15, -0.1) is 0 Å². The van der Waals surface area contributed by atoms with Gasteiger partial charge in [-0.3, -0.25) is 0 Å². The Balaban J connectivity index is 1.05. The first-order valence-electron chi connectivity index (χ1n) is 20.4. The average molecular weight is 750 g/mol. The second-order valence-electron chi connectivity index (χ2n) is 15.7. The number of hydrogen-bond acceptors (Lipinski definition) is 0. The van der Waals surface area contributed by atoms with E-state index in [1.807, 2.05) is 0 Å². The minimum Gasteiger partial charge on any atom is -0.309 e. The van der Waals surface area contributed by atoms with E-state index in [0.717, 1.165) is 11.4 Å². The van der Waals surface area contributed by atoms with Crippen molar-refractivity contribution in [1.29, 1.82) is 0 Å². The summed E-state index contributed by atoms with van der Waals surface area (Å²) in [6, 6.07) is 77.9. The van der Waals surface area contributed by atoms with Gasteiger partial charge in [-0.25, -0.2) is 0 Å². The topological polar surface area (TPSA) is 14.8 Å². The molecule has 3 aromatic heterocycles. The molecule has 0 aliphatic heterocycles. The van der Waals surface area contributed by atoms with E-state index >= 15 is 0 Å². The van der Waals surface area contributed by atoms with Crippen LogP contribution in [0.4, 0.5) is 0 Å².